The predicted octanol–water partition coefficient (Wildman–Crippen LogP) is 1.77. The Balaban J connectivity index is 1.98. The van der Waals surface area contributed by atoms with Gasteiger partial charge in [0.05, 0.1) is 18.6 Å². The molecule has 1 amide bonds. The molecule has 0 heterocycles. The second-order valence-electron chi connectivity index (χ2n) is 5.24. The van der Waals surface area contributed by atoms with Gasteiger partial charge in [-0.1, -0.05) is 0 Å². The van der Waals surface area contributed by atoms with Crippen molar-refractivity contribution in [1.29, 1.82) is 0 Å². The summed E-state index contributed by atoms with van der Waals surface area (Å²) in [6.07, 6.45) is 2.38. The fraction of sp³-hybridized carbons (Fsp3) is 0.467. The highest BCUT2D eigenvalue weighted by molar-refractivity contribution is 5.97. The summed E-state index contributed by atoms with van der Waals surface area (Å²) >= 11 is 0. The Labute approximate surface area is 122 Å². The standard InChI is InChI=1S/C15H19NO5/c1-21-11-6-7-13(17)12(8-11)14(18)16-10-4-2-9(3-5-10)15(19)20/h6-10,17H,2-5H2,1H3,(H,16,18)(H,19,20). The summed E-state index contributed by atoms with van der Waals surface area (Å²) in [5.74, 6) is -1.07. The van der Waals surface area contributed by atoms with Crippen LogP contribution in [0.25, 0.3) is 0 Å². The van der Waals surface area contributed by atoms with E-state index in [2.05, 4.69) is 5.32 Å². The number of carboxylic acids is 1. The monoisotopic (exact) mass is 293 g/mol. The third-order valence-corrected chi connectivity index (χ3v) is 3.86. The number of amides is 1. The summed E-state index contributed by atoms with van der Waals surface area (Å²) < 4.78 is 5.03. The summed E-state index contributed by atoms with van der Waals surface area (Å²) in [4.78, 5) is 23.1. The topological polar surface area (TPSA) is 95.9 Å². The SMILES string of the molecule is COc1ccc(O)c(C(=O)NC2CCC(C(=O)O)CC2)c1. The van der Waals surface area contributed by atoms with E-state index < -0.39 is 5.97 Å². The highest BCUT2D eigenvalue weighted by Gasteiger charge is 2.27. The van der Waals surface area contributed by atoms with Crippen LogP contribution in [-0.2, 0) is 4.79 Å². The van der Waals surface area contributed by atoms with Crippen LogP contribution in [0.5, 0.6) is 11.5 Å². The molecule has 1 aliphatic rings. The summed E-state index contributed by atoms with van der Waals surface area (Å²) in [5.41, 5.74) is 0.162. The number of carbonyl (C=O) groups is 2. The van der Waals surface area contributed by atoms with E-state index in [0.717, 1.165) is 0 Å². The number of benzene rings is 1. The average Bonchev–Trinajstić information content (AvgIpc) is 2.48. The van der Waals surface area contributed by atoms with Crippen molar-refractivity contribution in [2.45, 2.75) is 31.7 Å². The van der Waals surface area contributed by atoms with Gasteiger partial charge in [0, 0.05) is 6.04 Å². The summed E-state index contributed by atoms with van der Waals surface area (Å²) in [6, 6.07) is 4.41. The molecule has 1 aliphatic carbocycles. The van der Waals surface area contributed by atoms with Crippen molar-refractivity contribution >= 4 is 11.9 Å². The van der Waals surface area contributed by atoms with Crippen LogP contribution in [-0.4, -0.2) is 35.2 Å². The zero-order valence-electron chi connectivity index (χ0n) is 11.8. The number of phenols is 1. The zero-order chi connectivity index (χ0) is 15.4. The minimum absolute atomic E-state index is 0.0568. The van der Waals surface area contributed by atoms with Crippen LogP contribution < -0.4 is 10.1 Å². The van der Waals surface area contributed by atoms with Crippen LogP contribution in [0.2, 0.25) is 0 Å². The molecule has 21 heavy (non-hydrogen) atoms. The lowest BCUT2D eigenvalue weighted by Crippen LogP contribution is -2.38. The first-order chi connectivity index (χ1) is 10.0. The second kappa shape index (κ2) is 6.47. The Morgan fingerprint density at radius 1 is 1.24 bits per heavy atom. The summed E-state index contributed by atoms with van der Waals surface area (Å²) in [5, 5.41) is 21.5. The molecule has 0 unspecified atom stereocenters. The van der Waals surface area contributed by atoms with Crippen LogP contribution in [0, 0.1) is 5.92 Å². The maximum Gasteiger partial charge on any atom is 0.306 e. The van der Waals surface area contributed by atoms with Gasteiger partial charge in [0.1, 0.15) is 11.5 Å². The fourth-order valence-corrected chi connectivity index (χ4v) is 2.57. The quantitative estimate of drug-likeness (QED) is 0.786. The number of methoxy groups -OCH3 is 1. The Morgan fingerprint density at radius 2 is 1.90 bits per heavy atom. The molecule has 1 saturated carbocycles. The zero-order valence-corrected chi connectivity index (χ0v) is 11.8. The molecule has 0 radical (unpaired) electrons. The van der Waals surface area contributed by atoms with Crippen molar-refractivity contribution in [3.63, 3.8) is 0 Å². The Hall–Kier alpha value is -2.24. The molecule has 2 rings (SSSR count). The van der Waals surface area contributed by atoms with E-state index in [1.54, 1.807) is 6.07 Å². The molecule has 6 heteroatoms. The molecule has 0 saturated heterocycles. The van der Waals surface area contributed by atoms with E-state index in [9.17, 15) is 14.7 Å². The summed E-state index contributed by atoms with van der Waals surface area (Å²) in [7, 11) is 1.49. The molecule has 6 nitrogen and oxygen atoms in total. The second-order valence-corrected chi connectivity index (χ2v) is 5.24. The van der Waals surface area contributed by atoms with Gasteiger partial charge in [0.2, 0.25) is 0 Å². The Kier molecular flexibility index (Phi) is 4.67. The summed E-state index contributed by atoms with van der Waals surface area (Å²) in [6.45, 7) is 0. The van der Waals surface area contributed by atoms with Gasteiger partial charge >= 0.3 is 5.97 Å². The number of aliphatic carboxylic acids is 1. The highest BCUT2D eigenvalue weighted by atomic mass is 16.5. The van der Waals surface area contributed by atoms with Crippen LogP contribution in [0.3, 0.4) is 0 Å². The van der Waals surface area contributed by atoms with E-state index in [1.165, 1.54) is 19.2 Å². The molecular weight excluding hydrogens is 274 g/mol. The van der Waals surface area contributed by atoms with Gasteiger partial charge < -0.3 is 20.3 Å². The lowest BCUT2D eigenvalue weighted by Gasteiger charge is -2.26. The first-order valence-corrected chi connectivity index (χ1v) is 6.92. The number of carbonyl (C=O) groups excluding carboxylic acids is 1. The maximum atomic E-state index is 12.2. The van der Waals surface area contributed by atoms with E-state index in [-0.39, 0.29) is 29.2 Å². The molecule has 1 fully saturated rings. The maximum absolute atomic E-state index is 12.2. The van der Waals surface area contributed by atoms with Crippen molar-refractivity contribution in [2.75, 3.05) is 7.11 Å². The number of aromatic hydroxyl groups is 1. The lowest BCUT2D eigenvalue weighted by atomic mass is 9.86. The van der Waals surface area contributed by atoms with E-state index in [1.807, 2.05) is 0 Å². The van der Waals surface area contributed by atoms with Gasteiger partial charge in [-0.15, -0.1) is 0 Å². The van der Waals surface area contributed by atoms with Crippen LogP contribution in [0.4, 0.5) is 0 Å². The molecule has 0 aromatic heterocycles. The third kappa shape index (κ3) is 3.65. The number of ether oxygens (including phenoxy) is 1. The largest absolute Gasteiger partial charge is 0.507 e. The molecular formula is C15H19NO5. The molecule has 0 bridgehead atoms. The first kappa shape index (κ1) is 15.2. The number of nitrogens with one attached hydrogen (secondary N) is 1. The van der Waals surface area contributed by atoms with Gasteiger partial charge in [0.15, 0.2) is 0 Å². The molecule has 0 atom stereocenters. The van der Waals surface area contributed by atoms with Crippen molar-refractivity contribution in [3.05, 3.63) is 23.8 Å². The van der Waals surface area contributed by atoms with Crippen molar-refractivity contribution < 1.29 is 24.5 Å². The van der Waals surface area contributed by atoms with Gasteiger partial charge in [0.25, 0.3) is 5.91 Å². The minimum Gasteiger partial charge on any atom is -0.507 e. The number of rotatable bonds is 4. The smallest absolute Gasteiger partial charge is 0.306 e. The number of hydrogen-bond acceptors (Lipinski definition) is 4. The molecule has 3 N–H and O–H groups in total. The van der Waals surface area contributed by atoms with Gasteiger partial charge in [-0.2, -0.15) is 0 Å². The molecule has 0 spiro atoms. The molecule has 1 aromatic carbocycles. The first-order valence-electron chi connectivity index (χ1n) is 6.92. The van der Waals surface area contributed by atoms with E-state index >= 15 is 0 Å². The van der Waals surface area contributed by atoms with Crippen LogP contribution >= 0.6 is 0 Å². The van der Waals surface area contributed by atoms with E-state index in [4.69, 9.17) is 9.84 Å². The van der Waals surface area contributed by atoms with E-state index in [0.29, 0.717) is 31.4 Å². The fourth-order valence-electron chi connectivity index (χ4n) is 2.57. The van der Waals surface area contributed by atoms with Crippen molar-refractivity contribution in [3.8, 4) is 11.5 Å². The number of carboxylic acid groups (broad SMARTS) is 1. The molecule has 0 aliphatic heterocycles. The van der Waals surface area contributed by atoms with Crippen LogP contribution in [0.1, 0.15) is 36.0 Å². The third-order valence-electron chi connectivity index (χ3n) is 3.86. The normalized spacial score (nSPS) is 21.6. The number of phenolic OH excluding ortho intramolecular Hbond substituents is 1. The van der Waals surface area contributed by atoms with Gasteiger partial charge in [-0.3, -0.25) is 9.59 Å². The predicted molar refractivity (Wildman–Crippen MR) is 75.5 cm³/mol. The van der Waals surface area contributed by atoms with Crippen LogP contribution in [0.15, 0.2) is 18.2 Å². The number of hydrogen-bond donors (Lipinski definition) is 3. The van der Waals surface area contributed by atoms with Gasteiger partial charge in [-0.05, 0) is 43.9 Å². The Morgan fingerprint density at radius 3 is 2.48 bits per heavy atom. The van der Waals surface area contributed by atoms with Gasteiger partial charge in [-0.25, -0.2) is 0 Å². The average molecular weight is 293 g/mol. The lowest BCUT2D eigenvalue weighted by molar-refractivity contribution is -0.142. The van der Waals surface area contributed by atoms with Crippen molar-refractivity contribution in [2.24, 2.45) is 5.92 Å². The minimum atomic E-state index is -0.773. The Bertz CT molecular complexity index is 535. The highest BCUT2D eigenvalue weighted by Crippen LogP contribution is 2.26. The van der Waals surface area contributed by atoms with Crippen molar-refractivity contribution in [1.82, 2.24) is 5.32 Å². The molecule has 1 aromatic rings. The molecule has 114 valence electrons.